The van der Waals surface area contributed by atoms with E-state index in [4.69, 9.17) is 0 Å². The fraction of sp³-hybridized carbons (Fsp3) is 0.947. The lowest BCUT2D eigenvalue weighted by molar-refractivity contribution is 0.0360. The molecule has 0 aliphatic heterocycles. The molecule has 0 heterocycles. The lowest BCUT2D eigenvalue weighted by Crippen LogP contribution is -2.50. The summed E-state index contributed by atoms with van der Waals surface area (Å²) in [6.45, 7) is 15.1. The van der Waals surface area contributed by atoms with E-state index in [1.54, 1.807) is 0 Å². The predicted molar refractivity (Wildman–Crippen MR) is 91.1 cm³/mol. The summed E-state index contributed by atoms with van der Waals surface area (Å²) in [6.07, 6.45) is 7.18. The van der Waals surface area contributed by atoms with Crippen molar-refractivity contribution in [3.05, 3.63) is 0 Å². The maximum absolute atomic E-state index is 9.60. The number of nitrogens with zero attached hydrogens (tertiary/aromatic N) is 2. The number of rotatable bonds is 6. The average Bonchev–Trinajstić information content (AvgIpc) is 2.46. The van der Waals surface area contributed by atoms with Crippen molar-refractivity contribution in [3.8, 4) is 6.07 Å². The summed E-state index contributed by atoms with van der Waals surface area (Å²) in [5.41, 5.74) is 0.366. The van der Waals surface area contributed by atoms with E-state index in [0.717, 1.165) is 18.9 Å². The van der Waals surface area contributed by atoms with Gasteiger partial charge in [0.25, 0.3) is 0 Å². The van der Waals surface area contributed by atoms with Gasteiger partial charge in [0, 0.05) is 12.1 Å². The van der Waals surface area contributed by atoms with E-state index in [1.807, 2.05) is 0 Å². The lowest BCUT2D eigenvalue weighted by atomic mass is 9.67. The molecule has 0 radical (unpaired) electrons. The fourth-order valence-electron chi connectivity index (χ4n) is 3.74. The van der Waals surface area contributed by atoms with Crippen LogP contribution in [0.5, 0.6) is 0 Å². The van der Waals surface area contributed by atoms with Gasteiger partial charge in [-0.05, 0) is 56.9 Å². The number of hydrogen-bond acceptors (Lipinski definition) is 2. The summed E-state index contributed by atoms with van der Waals surface area (Å²) in [6, 6.07) is 3.68. The highest BCUT2D eigenvalue weighted by Crippen LogP contribution is 2.42. The van der Waals surface area contributed by atoms with Gasteiger partial charge in [0.2, 0.25) is 0 Å². The zero-order chi connectivity index (χ0) is 16.0. The molecule has 2 nitrogen and oxygen atoms in total. The van der Waals surface area contributed by atoms with Crippen LogP contribution in [0.4, 0.5) is 0 Å². The SMILES string of the molecule is CCCCN(C(C)CC)C1CC(C(C)(C)C)CCC1C#N. The standard InChI is InChI=1S/C19H36N2/c1-7-9-12-21(15(3)8-2)18-13-17(19(4,5)6)11-10-16(18)14-20/h15-18H,7-13H2,1-6H3. The molecule has 0 aromatic rings. The van der Waals surface area contributed by atoms with Crippen LogP contribution in [0.1, 0.15) is 80.1 Å². The number of hydrogen-bond donors (Lipinski definition) is 0. The van der Waals surface area contributed by atoms with Gasteiger partial charge >= 0.3 is 0 Å². The molecule has 0 saturated heterocycles. The van der Waals surface area contributed by atoms with Crippen LogP contribution in [-0.2, 0) is 0 Å². The molecule has 1 saturated carbocycles. The fourth-order valence-corrected chi connectivity index (χ4v) is 3.74. The zero-order valence-electron chi connectivity index (χ0n) is 15.2. The maximum atomic E-state index is 9.60. The van der Waals surface area contributed by atoms with Gasteiger partial charge in [0.15, 0.2) is 0 Å². The van der Waals surface area contributed by atoms with Crippen molar-refractivity contribution in [3.63, 3.8) is 0 Å². The van der Waals surface area contributed by atoms with E-state index >= 15 is 0 Å². The second-order valence-electron chi connectivity index (χ2n) is 8.03. The van der Waals surface area contributed by atoms with Crippen molar-refractivity contribution in [2.45, 2.75) is 92.2 Å². The molecule has 1 fully saturated rings. The molecule has 1 aliphatic carbocycles. The van der Waals surface area contributed by atoms with Crippen molar-refractivity contribution in [2.24, 2.45) is 17.3 Å². The van der Waals surface area contributed by atoms with E-state index in [2.05, 4.69) is 52.5 Å². The molecule has 21 heavy (non-hydrogen) atoms. The highest BCUT2D eigenvalue weighted by Gasteiger charge is 2.39. The Hall–Kier alpha value is -0.550. The number of unbranched alkanes of at least 4 members (excludes halogenated alkanes) is 1. The minimum Gasteiger partial charge on any atom is -0.296 e. The Balaban J connectivity index is 2.91. The highest BCUT2D eigenvalue weighted by molar-refractivity contribution is 5.00. The predicted octanol–water partition coefficient (Wildman–Crippen LogP) is 5.24. The summed E-state index contributed by atoms with van der Waals surface area (Å²) in [4.78, 5) is 2.66. The molecule has 0 amide bonds. The second kappa shape index (κ2) is 8.18. The molecule has 0 aromatic carbocycles. The molecule has 0 bridgehead atoms. The minimum absolute atomic E-state index is 0.231. The topological polar surface area (TPSA) is 27.0 Å². The smallest absolute Gasteiger partial charge is 0.0672 e. The molecule has 122 valence electrons. The average molecular weight is 293 g/mol. The third-order valence-electron chi connectivity index (χ3n) is 5.56. The van der Waals surface area contributed by atoms with E-state index in [9.17, 15) is 5.26 Å². The van der Waals surface area contributed by atoms with E-state index in [-0.39, 0.29) is 5.92 Å². The van der Waals surface area contributed by atoms with Crippen LogP contribution >= 0.6 is 0 Å². The molecular weight excluding hydrogens is 256 g/mol. The molecular formula is C19H36N2. The first-order chi connectivity index (χ1) is 9.85. The number of nitriles is 1. The molecule has 4 atom stereocenters. The van der Waals surface area contributed by atoms with E-state index in [1.165, 1.54) is 32.1 Å². The van der Waals surface area contributed by atoms with Crippen molar-refractivity contribution in [2.75, 3.05) is 6.54 Å². The summed E-state index contributed by atoms with van der Waals surface area (Å²) >= 11 is 0. The normalized spacial score (nSPS) is 28.4. The van der Waals surface area contributed by atoms with Crippen LogP contribution in [-0.4, -0.2) is 23.5 Å². The van der Waals surface area contributed by atoms with Crippen molar-refractivity contribution >= 4 is 0 Å². The van der Waals surface area contributed by atoms with Crippen LogP contribution < -0.4 is 0 Å². The summed E-state index contributed by atoms with van der Waals surface area (Å²) in [7, 11) is 0. The van der Waals surface area contributed by atoms with Gasteiger partial charge in [-0.25, -0.2) is 0 Å². The van der Waals surface area contributed by atoms with E-state index < -0.39 is 0 Å². The summed E-state index contributed by atoms with van der Waals surface area (Å²) in [5.74, 6) is 0.981. The van der Waals surface area contributed by atoms with Crippen LogP contribution in [0.2, 0.25) is 0 Å². The lowest BCUT2D eigenvalue weighted by Gasteiger charge is -2.46. The maximum Gasteiger partial charge on any atom is 0.0672 e. The Morgan fingerprint density at radius 2 is 1.90 bits per heavy atom. The van der Waals surface area contributed by atoms with Gasteiger partial charge in [-0.1, -0.05) is 41.0 Å². The zero-order valence-corrected chi connectivity index (χ0v) is 15.2. The third-order valence-corrected chi connectivity index (χ3v) is 5.56. The molecule has 0 aromatic heterocycles. The van der Waals surface area contributed by atoms with Crippen molar-refractivity contribution < 1.29 is 0 Å². The molecule has 1 rings (SSSR count). The van der Waals surface area contributed by atoms with E-state index in [0.29, 0.717) is 17.5 Å². The Morgan fingerprint density at radius 3 is 2.38 bits per heavy atom. The first-order valence-electron chi connectivity index (χ1n) is 9.00. The molecule has 4 unspecified atom stereocenters. The van der Waals surface area contributed by atoms with Gasteiger partial charge in [0.05, 0.1) is 12.0 Å². The Bertz CT molecular complexity index is 336. The van der Waals surface area contributed by atoms with Gasteiger partial charge in [0.1, 0.15) is 0 Å². The third kappa shape index (κ3) is 4.99. The molecule has 2 heteroatoms. The van der Waals surface area contributed by atoms with Crippen LogP contribution in [0.25, 0.3) is 0 Å². The largest absolute Gasteiger partial charge is 0.296 e. The molecule has 1 aliphatic rings. The Kier molecular flexibility index (Phi) is 7.21. The van der Waals surface area contributed by atoms with Crippen LogP contribution in [0.15, 0.2) is 0 Å². The first-order valence-corrected chi connectivity index (χ1v) is 9.00. The Labute approximate surface area is 132 Å². The quantitative estimate of drug-likeness (QED) is 0.669. The van der Waals surface area contributed by atoms with Gasteiger partial charge < -0.3 is 0 Å². The highest BCUT2D eigenvalue weighted by atomic mass is 15.2. The molecule has 0 N–H and O–H groups in total. The van der Waals surface area contributed by atoms with Gasteiger partial charge in [-0.15, -0.1) is 0 Å². The van der Waals surface area contributed by atoms with Gasteiger partial charge in [-0.3, -0.25) is 4.90 Å². The minimum atomic E-state index is 0.231. The molecule has 0 spiro atoms. The van der Waals surface area contributed by atoms with Crippen molar-refractivity contribution in [1.29, 1.82) is 5.26 Å². The van der Waals surface area contributed by atoms with Crippen molar-refractivity contribution in [1.82, 2.24) is 4.90 Å². The first kappa shape index (κ1) is 18.5. The second-order valence-corrected chi connectivity index (χ2v) is 8.03. The summed E-state index contributed by atoms with van der Waals surface area (Å²) in [5, 5.41) is 9.60. The summed E-state index contributed by atoms with van der Waals surface area (Å²) < 4.78 is 0. The Morgan fingerprint density at radius 1 is 1.24 bits per heavy atom. The monoisotopic (exact) mass is 292 g/mol. The van der Waals surface area contributed by atoms with Crippen LogP contribution in [0.3, 0.4) is 0 Å². The van der Waals surface area contributed by atoms with Crippen LogP contribution in [0, 0.1) is 28.6 Å². The van der Waals surface area contributed by atoms with Gasteiger partial charge in [-0.2, -0.15) is 5.26 Å².